The number of aryl methyl sites for hydroxylation is 1. The number of hydrogen-bond donors (Lipinski definition) is 0. The van der Waals surface area contributed by atoms with Crippen LogP contribution in [0.2, 0.25) is 0 Å². The van der Waals surface area contributed by atoms with E-state index in [1.54, 1.807) is 12.1 Å². The monoisotopic (exact) mass is 164 g/mol. The van der Waals surface area contributed by atoms with Crippen molar-refractivity contribution in [3.8, 4) is 5.75 Å². The van der Waals surface area contributed by atoms with Crippen LogP contribution in [0.25, 0.3) is 0 Å². The normalized spacial score (nSPS) is 9.50. The number of hydrogen-bond acceptors (Lipinski definition) is 2. The molecule has 1 aromatic carbocycles. The topological polar surface area (TPSA) is 26.3 Å². The van der Waals surface area contributed by atoms with Gasteiger partial charge in [0.25, 0.3) is 0 Å². The molecule has 0 aliphatic carbocycles. The summed E-state index contributed by atoms with van der Waals surface area (Å²) in [5.74, 6) is 0.414. The minimum Gasteiger partial charge on any atom is -0.493 e. The van der Waals surface area contributed by atoms with Crippen LogP contribution in [-0.4, -0.2) is 7.11 Å². The Kier molecular flexibility index (Phi) is 2.86. The predicted molar refractivity (Wildman–Crippen MR) is 48.6 cm³/mol. The number of rotatable bonds is 2. The van der Waals surface area contributed by atoms with E-state index in [0.717, 1.165) is 12.0 Å². The lowest BCUT2D eigenvalue weighted by molar-refractivity contribution is 0.411. The van der Waals surface area contributed by atoms with Crippen molar-refractivity contribution >= 4 is 0 Å². The summed E-state index contributed by atoms with van der Waals surface area (Å²) in [7, 11) is 1.51. The first-order valence-electron chi connectivity index (χ1n) is 3.95. The van der Waals surface area contributed by atoms with Crippen LogP contribution < -0.4 is 10.2 Å². The van der Waals surface area contributed by atoms with Crippen molar-refractivity contribution in [1.29, 1.82) is 0 Å². The first kappa shape index (κ1) is 8.78. The summed E-state index contributed by atoms with van der Waals surface area (Å²) >= 11 is 0. The van der Waals surface area contributed by atoms with E-state index >= 15 is 0 Å². The van der Waals surface area contributed by atoms with E-state index < -0.39 is 0 Å². The molecule has 0 aliphatic heterocycles. The molecule has 0 heterocycles. The van der Waals surface area contributed by atoms with Crippen molar-refractivity contribution in [2.75, 3.05) is 7.11 Å². The third-order valence-electron chi connectivity index (χ3n) is 1.75. The first-order chi connectivity index (χ1) is 5.77. The van der Waals surface area contributed by atoms with Gasteiger partial charge in [-0.15, -0.1) is 0 Å². The third kappa shape index (κ3) is 1.84. The molecule has 12 heavy (non-hydrogen) atoms. The van der Waals surface area contributed by atoms with Gasteiger partial charge in [-0.3, -0.25) is 4.79 Å². The average molecular weight is 164 g/mol. The Labute approximate surface area is 71.8 Å². The van der Waals surface area contributed by atoms with Gasteiger partial charge in [-0.25, -0.2) is 0 Å². The smallest absolute Gasteiger partial charge is 0.220 e. The summed E-state index contributed by atoms with van der Waals surface area (Å²) < 4.78 is 4.93. The SMILES string of the molecule is CCc1cccc(=O)c(OC)c1. The van der Waals surface area contributed by atoms with Crippen LogP contribution in [0.1, 0.15) is 12.5 Å². The first-order valence-corrected chi connectivity index (χ1v) is 3.95. The summed E-state index contributed by atoms with van der Waals surface area (Å²) in [6.45, 7) is 2.04. The molecular weight excluding hydrogens is 152 g/mol. The summed E-state index contributed by atoms with van der Waals surface area (Å²) in [4.78, 5) is 11.2. The fourth-order valence-electron chi connectivity index (χ4n) is 1.01. The highest BCUT2D eigenvalue weighted by Crippen LogP contribution is 2.05. The lowest BCUT2D eigenvalue weighted by Crippen LogP contribution is -1.99. The van der Waals surface area contributed by atoms with Crippen molar-refractivity contribution in [2.45, 2.75) is 13.3 Å². The molecule has 0 atom stereocenters. The maximum Gasteiger partial charge on any atom is 0.220 e. The Balaban J connectivity index is 3.29. The summed E-state index contributed by atoms with van der Waals surface area (Å²) in [6, 6.07) is 6.97. The Hall–Kier alpha value is -1.31. The summed E-state index contributed by atoms with van der Waals surface area (Å²) in [6.07, 6.45) is 0.907. The van der Waals surface area contributed by atoms with Gasteiger partial charge in [-0.2, -0.15) is 0 Å². The van der Waals surface area contributed by atoms with Gasteiger partial charge in [0.2, 0.25) is 5.43 Å². The molecule has 0 bridgehead atoms. The van der Waals surface area contributed by atoms with E-state index in [2.05, 4.69) is 0 Å². The second-order valence-corrected chi connectivity index (χ2v) is 2.53. The number of methoxy groups -OCH3 is 1. The van der Waals surface area contributed by atoms with Crippen LogP contribution in [-0.2, 0) is 6.42 Å². The molecule has 0 spiro atoms. The lowest BCUT2D eigenvalue weighted by Gasteiger charge is -1.94. The van der Waals surface area contributed by atoms with Gasteiger partial charge >= 0.3 is 0 Å². The van der Waals surface area contributed by atoms with Crippen LogP contribution in [0.15, 0.2) is 29.1 Å². The van der Waals surface area contributed by atoms with E-state index in [4.69, 9.17) is 4.74 Å². The third-order valence-corrected chi connectivity index (χ3v) is 1.75. The fraction of sp³-hybridized carbons (Fsp3) is 0.300. The van der Waals surface area contributed by atoms with Crippen molar-refractivity contribution in [2.24, 2.45) is 0 Å². The molecule has 0 saturated carbocycles. The molecule has 0 saturated heterocycles. The van der Waals surface area contributed by atoms with E-state index in [1.165, 1.54) is 13.2 Å². The Morgan fingerprint density at radius 3 is 2.75 bits per heavy atom. The van der Waals surface area contributed by atoms with Crippen LogP contribution in [0, 0.1) is 0 Å². The molecule has 0 radical (unpaired) electrons. The minimum absolute atomic E-state index is 0.0720. The highest BCUT2D eigenvalue weighted by Gasteiger charge is 1.95. The lowest BCUT2D eigenvalue weighted by atomic mass is 10.2. The molecule has 1 aromatic rings. The molecular formula is C10H12O2. The highest BCUT2D eigenvalue weighted by molar-refractivity contribution is 5.26. The van der Waals surface area contributed by atoms with E-state index in [0.29, 0.717) is 5.75 Å². The van der Waals surface area contributed by atoms with Gasteiger partial charge in [0.15, 0.2) is 5.75 Å². The van der Waals surface area contributed by atoms with Gasteiger partial charge in [0.05, 0.1) is 7.11 Å². The van der Waals surface area contributed by atoms with Gasteiger partial charge in [-0.05, 0) is 24.1 Å². The van der Waals surface area contributed by atoms with Gasteiger partial charge in [0.1, 0.15) is 0 Å². The van der Waals surface area contributed by atoms with E-state index in [9.17, 15) is 4.79 Å². The molecule has 0 aliphatic rings. The van der Waals surface area contributed by atoms with Gasteiger partial charge in [-0.1, -0.05) is 19.1 Å². The van der Waals surface area contributed by atoms with Gasteiger partial charge in [0, 0.05) is 0 Å². The van der Waals surface area contributed by atoms with Crippen molar-refractivity contribution in [3.63, 3.8) is 0 Å². The summed E-state index contributed by atoms with van der Waals surface area (Å²) in [5, 5.41) is 0. The van der Waals surface area contributed by atoms with E-state index in [-0.39, 0.29) is 5.43 Å². The minimum atomic E-state index is -0.0720. The zero-order chi connectivity index (χ0) is 8.97. The molecule has 0 amide bonds. The second-order valence-electron chi connectivity index (χ2n) is 2.53. The molecule has 0 N–H and O–H groups in total. The zero-order valence-corrected chi connectivity index (χ0v) is 7.33. The largest absolute Gasteiger partial charge is 0.493 e. The van der Waals surface area contributed by atoms with E-state index in [1.807, 2.05) is 13.0 Å². The highest BCUT2D eigenvalue weighted by atomic mass is 16.5. The predicted octanol–water partition coefficient (Wildman–Crippen LogP) is 1.62. The maximum atomic E-state index is 11.2. The Bertz CT molecular complexity index is 318. The van der Waals surface area contributed by atoms with Gasteiger partial charge < -0.3 is 4.74 Å². The quantitative estimate of drug-likeness (QED) is 0.664. The molecule has 0 aromatic heterocycles. The zero-order valence-electron chi connectivity index (χ0n) is 7.33. The molecule has 2 nitrogen and oxygen atoms in total. The maximum absolute atomic E-state index is 11.2. The van der Waals surface area contributed by atoms with Crippen LogP contribution in [0.3, 0.4) is 0 Å². The van der Waals surface area contributed by atoms with Crippen LogP contribution in [0.5, 0.6) is 5.75 Å². The average Bonchev–Trinajstić information content (AvgIpc) is 2.27. The van der Waals surface area contributed by atoms with Crippen molar-refractivity contribution in [1.82, 2.24) is 0 Å². The molecule has 0 fully saturated rings. The van der Waals surface area contributed by atoms with Crippen LogP contribution in [0.4, 0.5) is 0 Å². The fourth-order valence-corrected chi connectivity index (χ4v) is 1.01. The number of ether oxygens (including phenoxy) is 1. The second kappa shape index (κ2) is 3.90. The van der Waals surface area contributed by atoms with Crippen LogP contribution >= 0.6 is 0 Å². The standard InChI is InChI=1S/C10H12O2/c1-3-8-5-4-6-9(11)10(7-8)12-2/h4-7H,3H2,1-2H3. The van der Waals surface area contributed by atoms with Crippen molar-refractivity contribution in [3.05, 3.63) is 40.1 Å². The molecule has 0 unspecified atom stereocenters. The molecule has 64 valence electrons. The molecule has 1 rings (SSSR count). The molecule has 2 heteroatoms. The summed E-state index contributed by atoms with van der Waals surface area (Å²) in [5.41, 5.74) is 1.03. The Morgan fingerprint density at radius 2 is 2.17 bits per heavy atom. The Morgan fingerprint density at radius 1 is 1.42 bits per heavy atom. The van der Waals surface area contributed by atoms with Crippen molar-refractivity contribution < 1.29 is 4.74 Å².